The van der Waals surface area contributed by atoms with Crippen LogP contribution in [0.3, 0.4) is 0 Å². The minimum Gasteiger partial charge on any atom is -0.457 e. The Morgan fingerprint density at radius 3 is 2.13 bits per heavy atom. The number of hydrogen-bond donors (Lipinski definition) is 0. The van der Waals surface area contributed by atoms with Gasteiger partial charge < -0.3 is 9.64 Å². The molecule has 5 heteroatoms. The smallest absolute Gasteiger partial charge is 0.137 e. The van der Waals surface area contributed by atoms with Crippen LogP contribution in [0.2, 0.25) is 0 Å². The molecule has 1 fully saturated rings. The minimum absolute atomic E-state index is 0.00249. The molecule has 0 spiro atoms. The number of aliphatic imine (C=N–C) groups is 1. The molecule has 53 heavy (non-hydrogen) atoms. The van der Waals surface area contributed by atoms with Gasteiger partial charge in [0.2, 0.25) is 0 Å². The number of benzene rings is 3. The van der Waals surface area contributed by atoms with Crippen LogP contribution in [0.5, 0.6) is 11.5 Å². The normalized spacial score (nSPS) is 19.9. The zero-order valence-electron chi connectivity index (χ0n) is 34.5. The van der Waals surface area contributed by atoms with E-state index in [2.05, 4.69) is 166 Å². The molecule has 0 bridgehead atoms. The van der Waals surface area contributed by atoms with Crippen LogP contribution in [0, 0.1) is 5.41 Å². The van der Waals surface area contributed by atoms with E-state index >= 15 is 0 Å². The van der Waals surface area contributed by atoms with E-state index in [0.29, 0.717) is 12.0 Å². The van der Waals surface area contributed by atoms with E-state index in [1.807, 2.05) is 6.20 Å². The number of nitrogens with zero attached hydrogens (tertiary/aromatic N) is 4. The van der Waals surface area contributed by atoms with Crippen molar-refractivity contribution in [1.29, 1.82) is 0 Å². The van der Waals surface area contributed by atoms with Crippen molar-refractivity contribution in [2.24, 2.45) is 10.4 Å². The molecule has 0 radical (unpaired) electrons. The molecule has 2 aliphatic heterocycles. The Balaban J connectivity index is 1.33. The zero-order chi connectivity index (χ0) is 38.1. The molecule has 3 aromatic carbocycles. The minimum atomic E-state index is -0.201. The standard InChI is InChI=1S/C48H62N4O/c1-31(2)32-26-33(43-50-44(46(6,7)8)48(11,12)52(43)35-18-14-13-15-19-35)28-37(27-32)53-36-22-23-39-41(30-36)51(40-21-17-16-20-38(40)47(39,9)10)42-29-34(24-25-49-42)45(3,4)5/h16-17,20-31,35,44H,13-15,18-19H2,1-12H3/t44-/m1/s1. The van der Waals surface area contributed by atoms with Gasteiger partial charge in [0.05, 0.1) is 23.0 Å². The summed E-state index contributed by atoms with van der Waals surface area (Å²) in [7, 11) is 0. The molecule has 3 heterocycles. The molecule has 5 nitrogen and oxygen atoms in total. The number of amidine groups is 1. The Kier molecular flexibility index (Phi) is 9.35. The number of aromatic nitrogens is 1. The summed E-state index contributed by atoms with van der Waals surface area (Å²) in [6.45, 7) is 27.8. The molecular weight excluding hydrogens is 649 g/mol. The molecule has 7 rings (SSSR count). The Hall–Kier alpha value is -4.12. The fraction of sp³-hybridized carbons (Fsp3) is 0.500. The third-order valence-corrected chi connectivity index (χ3v) is 12.2. The predicted octanol–water partition coefficient (Wildman–Crippen LogP) is 13.0. The van der Waals surface area contributed by atoms with Gasteiger partial charge in [-0.1, -0.05) is 113 Å². The van der Waals surface area contributed by atoms with Crippen LogP contribution in [-0.2, 0) is 10.8 Å². The van der Waals surface area contributed by atoms with Gasteiger partial charge in [0.15, 0.2) is 0 Å². The Labute approximate surface area is 319 Å². The largest absolute Gasteiger partial charge is 0.457 e. The second kappa shape index (κ2) is 13.3. The van der Waals surface area contributed by atoms with Gasteiger partial charge >= 0.3 is 0 Å². The maximum Gasteiger partial charge on any atom is 0.137 e. The molecule has 0 N–H and O–H groups in total. The average molecular weight is 711 g/mol. The number of para-hydroxylation sites is 1. The molecule has 280 valence electrons. The maximum atomic E-state index is 6.96. The summed E-state index contributed by atoms with van der Waals surface area (Å²) in [6.07, 6.45) is 8.32. The molecule has 3 aliphatic rings. The van der Waals surface area contributed by atoms with Crippen LogP contribution in [0.4, 0.5) is 17.2 Å². The third-order valence-electron chi connectivity index (χ3n) is 12.2. The summed E-state index contributed by atoms with van der Waals surface area (Å²) in [5.41, 5.74) is 8.22. The second-order valence-electron chi connectivity index (χ2n) is 19.4. The van der Waals surface area contributed by atoms with Gasteiger partial charge in [-0.25, -0.2) is 4.98 Å². The monoisotopic (exact) mass is 710 g/mol. The highest BCUT2D eigenvalue weighted by molar-refractivity contribution is 6.01. The first-order valence-corrected chi connectivity index (χ1v) is 20.1. The molecule has 1 aromatic heterocycles. The summed E-state index contributed by atoms with van der Waals surface area (Å²) in [4.78, 5) is 15.6. The van der Waals surface area contributed by atoms with E-state index in [4.69, 9.17) is 14.7 Å². The lowest BCUT2D eigenvalue weighted by Crippen LogP contribution is -2.56. The lowest BCUT2D eigenvalue weighted by atomic mass is 9.73. The van der Waals surface area contributed by atoms with E-state index in [1.165, 1.54) is 54.4 Å². The maximum absolute atomic E-state index is 6.96. The number of ether oxygens (including phenoxy) is 1. The number of rotatable bonds is 6. The molecule has 0 saturated heterocycles. The molecule has 1 atom stereocenters. The first-order chi connectivity index (χ1) is 24.9. The van der Waals surface area contributed by atoms with Crippen LogP contribution in [0.15, 0.2) is 84.0 Å². The van der Waals surface area contributed by atoms with Gasteiger partial charge in [-0.15, -0.1) is 0 Å². The third kappa shape index (κ3) is 6.78. The quantitative estimate of drug-likeness (QED) is 0.200. The fourth-order valence-electron chi connectivity index (χ4n) is 9.49. The van der Waals surface area contributed by atoms with E-state index < -0.39 is 0 Å². The Morgan fingerprint density at radius 2 is 1.45 bits per heavy atom. The van der Waals surface area contributed by atoms with Gasteiger partial charge in [-0.05, 0) is 108 Å². The summed E-state index contributed by atoms with van der Waals surface area (Å²) in [5.74, 6) is 4.05. The predicted molar refractivity (Wildman–Crippen MR) is 223 cm³/mol. The highest BCUT2D eigenvalue weighted by Gasteiger charge is 2.51. The number of hydrogen-bond acceptors (Lipinski definition) is 5. The summed E-state index contributed by atoms with van der Waals surface area (Å²) in [6, 6.07) is 27.3. The van der Waals surface area contributed by atoms with Crippen molar-refractivity contribution in [3.8, 4) is 11.5 Å². The highest BCUT2D eigenvalue weighted by Crippen LogP contribution is 2.53. The van der Waals surface area contributed by atoms with E-state index in [-0.39, 0.29) is 27.8 Å². The van der Waals surface area contributed by atoms with Crippen molar-refractivity contribution in [2.75, 3.05) is 4.90 Å². The first-order valence-electron chi connectivity index (χ1n) is 20.1. The molecular formula is C48H62N4O. The van der Waals surface area contributed by atoms with Crippen molar-refractivity contribution in [2.45, 2.75) is 150 Å². The van der Waals surface area contributed by atoms with Crippen molar-refractivity contribution in [3.05, 3.63) is 107 Å². The van der Waals surface area contributed by atoms with Crippen LogP contribution in [0.1, 0.15) is 149 Å². The Bertz CT molecular complexity index is 2020. The van der Waals surface area contributed by atoms with Crippen molar-refractivity contribution in [3.63, 3.8) is 0 Å². The fourth-order valence-corrected chi connectivity index (χ4v) is 9.49. The summed E-state index contributed by atoms with van der Waals surface area (Å²) in [5, 5.41) is 0. The van der Waals surface area contributed by atoms with Crippen molar-refractivity contribution in [1.82, 2.24) is 9.88 Å². The van der Waals surface area contributed by atoms with Crippen molar-refractivity contribution < 1.29 is 4.74 Å². The highest BCUT2D eigenvalue weighted by atomic mass is 16.5. The molecule has 4 aromatic rings. The van der Waals surface area contributed by atoms with E-state index in [9.17, 15) is 0 Å². The van der Waals surface area contributed by atoms with E-state index in [1.54, 1.807) is 0 Å². The van der Waals surface area contributed by atoms with Crippen LogP contribution < -0.4 is 9.64 Å². The van der Waals surface area contributed by atoms with Crippen LogP contribution in [-0.4, -0.2) is 33.3 Å². The van der Waals surface area contributed by atoms with Crippen LogP contribution in [0.25, 0.3) is 0 Å². The van der Waals surface area contributed by atoms with E-state index in [0.717, 1.165) is 40.1 Å². The molecule has 1 aliphatic carbocycles. The van der Waals surface area contributed by atoms with Crippen LogP contribution >= 0.6 is 0 Å². The van der Waals surface area contributed by atoms with Gasteiger partial charge in [-0.3, -0.25) is 9.89 Å². The van der Waals surface area contributed by atoms with Gasteiger partial charge in [0.1, 0.15) is 23.2 Å². The number of fused-ring (bicyclic) bond motifs is 2. The zero-order valence-corrected chi connectivity index (χ0v) is 34.5. The lowest BCUT2D eigenvalue weighted by molar-refractivity contribution is 0.0894. The van der Waals surface area contributed by atoms with Gasteiger partial charge in [0.25, 0.3) is 0 Å². The first kappa shape index (κ1) is 37.2. The van der Waals surface area contributed by atoms with Gasteiger partial charge in [0, 0.05) is 29.3 Å². The molecule has 0 unspecified atom stereocenters. The second-order valence-corrected chi connectivity index (χ2v) is 19.4. The van der Waals surface area contributed by atoms with Crippen molar-refractivity contribution >= 4 is 23.0 Å². The topological polar surface area (TPSA) is 41.0 Å². The lowest BCUT2D eigenvalue weighted by Gasteiger charge is -2.47. The number of pyridine rings is 1. The molecule has 0 amide bonds. The number of anilines is 3. The summed E-state index contributed by atoms with van der Waals surface area (Å²) >= 11 is 0. The molecule has 1 saturated carbocycles. The van der Waals surface area contributed by atoms with Gasteiger partial charge in [-0.2, -0.15) is 0 Å². The average Bonchev–Trinajstić information content (AvgIpc) is 3.39. The Morgan fingerprint density at radius 1 is 0.755 bits per heavy atom. The SMILES string of the molecule is CC(C)c1cc(Oc2ccc3c(c2)N(c2cc(C(C)(C)C)ccn2)c2ccccc2C3(C)C)cc(C2=N[C@H](C(C)(C)C)C(C)(C)N2C2CCCCC2)c1. The summed E-state index contributed by atoms with van der Waals surface area (Å²) < 4.78 is 6.96.